The summed E-state index contributed by atoms with van der Waals surface area (Å²) in [4.78, 5) is 30.5. The Balaban J connectivity index is 1.46. The third-order valence-electron chi connectivity index (χ3n) is 8.82. The summed E-state index contributed by atoms with van der Waals surface area (Å²) in [5.74, 6) is 1.95. The van der Waals surface area contributed by atoms with Crippen LogP contribution in [0.4, 0.5) is 11.4 Å². The van der Waals surface area contributed by atoms with Crippen molar-refractivity contribution >= 4 is 34.7 Å². The largest absolute Gasteiger partial charge is 0.497 e. The molecule has 4 aromatic rings. The lowest BCUT2D eigenvalue weighted by atomic mass is 9.78. The molecule has 0 saturated heterocycles. The highest BCUT2D eigenvalue weighted by molar-refractivity contribution is 6.30. The molecule has 4 aromatic carbocycles. The molecule has 248 valence electrons. The van der Waals surface area contributed by atoms with E-state index in [2.05, 4.69) is 5.32 Å². The van der Waals surface area contributed by atoms with Crippen molar-refractivity contribution in [2.45, 2.75) is 58.6 Å². The molecule has 0 saturated carbocycles. The minimum Gasteiger partial charge on any atom is -0.497 e. The minimum absolute atomic E-state index is 0.00532. The third-order valence-corrected chi connectivity index (χ3v) is 9.07. The highest BCUT2D eigenvalue weighted by Crippen LogP contribution is 2.49. The third kappa shape index (κ3) is 7.07. The molecule has 1 N–H and O–H groups in total. The van der Waals surface area contributed by atoms with Crippen molar-refractivity contribution in [3.8, 4) is 17.2 Å². The molecule has 48 heavy (non-hydrogen) atoms. The Morgan fingerprint density at radius 2 is 1.65 bits per heavy atom. The van der Waals surface area contributed by atoms with Gasteiger partial charge in [0.05, 0.1) is 31.1 Å². The summed E-state index contributed by atoms with van der Waals surface area (Å²) < 4.78 is 17.7. The first kappa shape index (κ1) is 33.2. The van der Waals surface area contributed by atoms with Gasteiger partial charge in [0, 0.05) is 29.1 Å². The number of carbonyl (C=O) groups is 2. The van der Waals surface area contributed by atoms with Crippen molar-refractivity contribution in [1.82, 2.24) is 0 Å². The molecule has 0 aromatic heterocycles. The van der Waals surface area contributed by atoms with Gasteiger partial charge in [-0.2, -0.15) is 0 Å². The zero-order valence-electron chi connectivity index (χ0n) is 27.8. The number of anilines is 2. The van der Waals surface area contributed by atoms with Crippen LogP contribution >= 0.6 is 11.6 Å². The van der Waals surface area contributed by atoms with Gasteiger partial charge in [-0.25, -0.2) is 0 Å². The van der Waals surface area contributed by atoms with Crippen LogP contribution in [0, 0.1) is 5.92 Å². The fourth-order valence-electron chi connectivity index (χ4n) is 6.56. The highest BCUT2D eigenvalue weighted by atomic mass is 35.5. The van der Waals surface area contributed by atoms with Crippen LogP contribution in [0.1, 0.15) is 68.7 Å². The second kappa shape index (κ2) is 14.6. The summed E-state index contributed by atoms with van der Waals surface area (Å²) in [6.45, 7) is 6.74. The number of para-hydroxylation sites is 2. The van der Waals surface area contributed by atoms with E-state index in [-0.39, 0.29) is 23.5 Å². The summed E-state index contributed by atoms with van der Waals surface area (Å²) in [6.07, 6.45) is 1.27. The maximum absolute atomic E-state index is 14.4. The average molecular weight is 665 g/mol. The quantitative estimate of drug-likeness (QED) is 0.182. The van der Waals surface area contributed by atoms with Crippen molar-refractivity contribution in [2.75, 3.05) is 23.9 Å². The van der Waals surface area contributed by atoms with Crippen LogP contribution in [0.25, 0.3) is 0 Å². The maximum Gasteiger partial charge on any atom is 0.228 e. The zero-order chi connectivity index (χ0) is 33.8. The van der Waals surface area contributed by atoms with Gasteiger partial charge >= 0.3 is 0 Å². The number of carbonyl (C=O) groups excluding carboxylic acids is 2. The van der Waals surface area contributed by atoms with E-state index in [1.165, 1.54) is 0 Å². The number of hydrogen-bond acceptors (Lipinski definition) is 6. The van der Waals surface area contributed by atoms with Crippen LogP contribution < -0.4 is 24.4 Å². The molecule has 0 radical (unpaired) electrons. The standard InChI is InChI=1S/C40H41ClN2O5/c1-5-47-37-23-28(14-19-36(37)48-24-26-10-15-30(41)16-11-26)40-39-33(21-29(22-35(39)44)27-12-17-31(46-4)18-13-27)42-32-8-6-7-9-34(32)43(40)38(45)20-25(2)3/h6-19,23,25,29,40,42H,5,20-22,24H2,1-4H3/t29-,40-/m0/s1. The Kier molecular flexibility index (Phi) is 10.1. The molecule has 2 atom stereocenters. The Morgan fingerprint density at radius 3 is 2.35 bits per heavy atom. The van der Waals surface area contributed by atoms with Crippen molar-refractivity contribution < 1.29 is 23.8 Å². The number of allylic oxidation sites excluding steroid dienone is 1. The van der Waals surface area contributed by atoms with Crippen LogP contribution in [0.3, 0.4) is 0 Å². The lowest BCUT2D eigenvalue weighted by Gasteiger charge is -2.35. The molecular formula is C40H41ClN2O5. The normalized spacial score (nSPS) is 17.3. The Labute approximate surface area is 287 Å². The van der Waals surface area contributed by atoms with E-state index >= 15 is 0 Å². The fraction of sp³-hybridized carbons (Fsp3) is 0.300. The molecule has 1 aliphatic heterocycles. The van der Waals surface area contributed by atoms with Crippen molar-refractivity contribution in [1.29, 1.82) is 0 Å². The van der Waals surface area contributed by atoms with Crippen LogP contribution in [-0.2, 0) is 16.2 Å². The summed E-state index contributed by atoms with van der Waals surface area (Å²) in [5, 5.41) is 4.28. The first-order chi connectivity index (χ1) is 23.2. The molecule has 1 aliphatic carbocycles. The van der Waals surface area contributed by atoms with Crippen LogP contribution in [0.5, 0.6) is 17.2 Å². The van der Waals surface area contributed by atoms with E-state index < -0.39 is 6.04 Å². The first-order valence-electron chi connectivity index (χ1n) is 16.5. The average Bonchev–Trinajstić information content (AvgIpc) is 3.23. The monoisotopic (exact) mass is 664 g/mol. The number of Topliss-reactive ketones (excluding diaryl/α,β-unsaturated/α-hetero) is 1. The molecule has 0 unspecified atom stereocenters. The van der Waals surface area contributed by atoms with E-state index in [1.807, 2.05) is 117 Å². The van der Waals surface area contributed by atoms with E-state index in [0.29, 0.717) is 54.6 Å². The fourth-order valence-corrected chi connectivity index (χ4v) is 6.69. The Morgan fingerprint density at radius 1 is 0.917 bits per heavy atom. The molecular weight excluding hydrogens is 624 g/mol. The maximum atomic E-state index is 14.4. The number of halogens is 1. The van der Waals surface area contributed by atoms with E-state index in [9.17, 15) is 9.59 Å². The van der Waals surface area contributed by atoms with Gasteiger partial charge in [0.25, 0.3) is 0 Å². The smallest absolute Gasteiger partial charge is 0.228 e. The number of methoxy groups -OCH3 is 1. The lowest BCUT2D eigenvalue weighted by Crippen LogP contribution is -2.39. The minimum atomic E-state index is -0.670. The second-order valence-corrected chi connectivity index (χ2v) is 13.1. The van der Waals surface area contributed by atoms with Crippen molar-refractivity contribution in [3.05, 3.63) is 124 Å². The number of ether oxygens (including phenoxy) is 3. The predicted molar refractivity (Wildman–Crippen MR) is 190 cm³/mol. The highest BCUT2D eigenvalue weighted by Gasteiger charge is 2.42. The number of rotatable bonds is 10. The van der Waals surface area contributed by atoms with Gasteiger partial charge in [0.2, 0.25) is 5.91 Å². The van der Waals surface area contributed by atoms with Gasteiger partial charge < -0.3 is 19.5 Å². The SMILES string of the molecule is CCOc1cc([C@H]2C3=C(C[C@H](c4ccc(OC)cc4)CC3=O)Nc3ccccc3N2C(=O)CC(C)C)ccc1OCc1ccc(Cl)cc1. The van der Waals surface area contributed by atoms with E-state index in [1.54, 1.807) is 7.11 Å². The predicted octanol–water partition coefficient (Wildman–Crippen LogP) is 9.27. The van der Waals surface area contributed by atoms with Crippen molar-refractivity contribution in [3.63, 3.8) is 0 Å². The topological polar surface area (TPSA) is 77.1 Å². The molecule has 0 spiro atoms. The summed E-state index contributed by atoms with van der Waals surface area (Å²) in [7, 11) is 1.64. The molecule has 0 fully saturated rings. The number of benzene rings is 4. The molecule has 1 heterocycles. The van der Waals surface area contributed by atoms with Crippen LogP contribution in [0.2, 0.25) is 5.02 Å². The molecule has 6 rings (SSSR count). The number of nitrogens with one attached hydrogen (secondary N) is 1. The molecule has 8 heteroatoms. The summed E-state index contributed by atoms with van der Waals surface area (Å²) in [5.41, 5.74) is 5.77. The van der Waals surface area contributed by atoms with Gasteiger partial charge in [-0.05, 0) is 90.4 Å². The molecule has 0 bridgehead atoms. The zero-order valence-corrected chi connectivity index (χ0v) is 28.6. The summed E-state index contributed by atoms with van der Waals surface area (Å²) in [6, 6.07) is 28.3. The summed E-state index contributed by atoms with van der Waals surface area (Å²) >= 11 is 6.08. The number of amides is 1. The van der Waals surface area contributed by atoms with E-state index in [0.717, 1.165) is 39.5 Å². The number of ketones is 1. The van der Waals surface area contributed by atoms with Gasteiger partial charge in [-0.1, -0.05) is 67.9 Å². The Bertz CT molecular complexity index is 1820. The number of nitrogens with zero attached hydrogens (tertiary/aromatic N) is 1. The molecule has 7 nitrogen and oxygen atoms in total. The van der Waals surface area contributed by atoms with E-state index in [4.69, 9.17) is 25.8 Å². The van der Waals surface area contributed by atoms with Gasteiger partial charge in [0.1, 0.15) is 12.4 Å². The number of fused-ring (bicyclic) bond motifs is 1. The van der Waals surface area contributed by atoms with Gasteiger partial charge in [0.15, 0.2) is 17.3 Å². The van der Waals surface area contributed by atoms with Crippen LogP contribution in [-0.4, -0.2) is 25.4 Å². The molecule has 2 aliphatic rings. The first-order valence-corrected chi connectivity index (χ1v) is 16.9. The van der Waals surface area contributed by atoms with Crippen LogP contribution in [0.15, 0.2) is 102 Å². The second-order valence-electron chi connectivity index (χ2n) is 12.7. The van der Waals surface area contributed by atoms with Gasteiger partial charge in [-0.3, -0.25) is 14.5 Å². The van der Waals surface area contributed by atoms with Gasteiger partial charge in [-0.15, -0.1) is 0 Å². The lowest BCUT2D eigenvalue weighted by molar-refractivity contribution is -0.119. The number of hydrogen-bond donors (Lipinski definition) is 1. The molecule has 1 amide bonds. The Hall–Kier alpha value is -4.75. The van der Waals surface area contributed by atoms with Crippen molar-refractivity contribution in [2.24, 2.45) is 5.92 Å².